The summed E-state index contributed by atoms with van der Waals surface area (Å²) >= 11 is 0. The van der Waals surface area contributed by atoms with Crippen molar-refractivity contribution < 1.29 is 0 Å². The molecule has 0 aliphatic heterocycles. The summed E-state index contributed by atoms with van der Waals surface area (Å²) < 4.78 is 0. The second-order valence-corrected chi connectivity index (χ2v) is 14.9. The van der Waals surface area contributed by atoms with Gasteiger partial charge in [-0.15, -0.1) is 0 Å². The molecule has 0 aliphatic carbocycles. The van der Waals surface area contributed by atoms with Gasteiger partial charge in [0.15, 0.2) is 0 Å². The SMILES string of the molecule is c1ccc(-c2ccc(-c3ccccc3N(c3ccc(-c4cccc(-c5ccccc5)c4)cc3)c3ccccc3-c3cccc(-c4cccc5ccccc45)c3)cc2)cc1. The van der Waals surface area contributed by atoms with Crippen LogP contribution in [0.2, 0.25) is 0 Å². The third-order valence-electron chi connectivity index (χ3n) is 11.3. The third kappa shape index (κ3) is 7.23. The lowest BCUT2D eigenvalue weighted by Gasteiger charge is -2.30. The van der Waals surface area contributed by atoms with Gasteiger partial charge in [-0.1, -0.05) is 212 Å². The number of rotatable bonds is 9. The first-order valence-corrected chi connectivity index (χ1v) is 20.3. The molecule has 0 radical (unpaired) electrons. The summed E-state index contributed by atoms with van der Waals surface area (Å²) in [6, 6.07) is 89.8. The smallest absolute Gasteiger partial charge is 0.0540 e. The first-order valence-electron chi connectivity index (χ1n) is 20.3. The van der Waals surface area contributed by atoms with Crippen LogP contribution in [0.25, 0.3) is 77.5 Å². The molecule has 0 saturated heterocycles. The van der Waals surface area contributed by atoms with Crippen molar-refractivity contribution in [2.24, 2.45) is 0 Å². The molecule has 278 valence electrons. The fourth-order valence-corrected chi connectivity index (χ4v) is 8.35. The fraction of sp³-hybridized carbons (Fsp3) is 0. The van der Waals surface area contributed by atoms with E-state index in [0.29, 0.717) is 0 Å². The molecule has 0 N–H and O–H groups in total. The normalized spacial score (nSPS) is 11.1. The molecule has 0 heterocycles. The standard InChI is InChI=1S/C58H41N/c1-3-16-42(17-4-1)44-32-34-47(35-33-44)55-27-9-11-30-57(55)59(52-38-36-45(37-39-52)49-23-13-22-48(40-49)43-18-5-2-6-19-43)58-31-12-10-28-56(58)51-25-14-24-50(41-51)54-29-15-21-46-20-7-8-26-53(46)54/h1-41H. The molecule has 0 spiro atoms. The lowest BCUT2D eigenvalue weighted by atomic mass is 9.94. The van der Waals surface area contributed by atoms with Gasteiger partial charge in [-0.05, 0) is 103 Å². The van der Waals surface area contributed by atoms with Gasteiger partial charge < -0.3 is 4.90 Å². The van der Waals surface area contributed by atoms with Crippen LogP contribution in [0.15, 0.2) is 249 Å². The van der Waals surface area contributed by atoms with Crippen LogP contribution in [0.3, 0.4) is 0 Å². The van der Waals surface area contributed by atoms with E-state index in [9.17, 15) is 0 Å². The number of hydrogen-bond donors (Lipinski definition) is 0. The molecule has 10 rings (SSSR count). The zero-order valence-electron chi connectivity index (χ0n) is 32.6. The van der Waals surface area contributed by atoms with Crippen molar-refractivity contribution in [2.45, 2.75) is 0 Å². The van der Waals surface area contributed by atoms with Gasteiger partial charge in [-0.3, -0.25) is 0 Å². The number of benzene rings is 10. The molecule has 0 bridgehead atoms. The lowest BCUT2D eigenvalue weighted by Crippen LogP contribution is -2.12. The van der Waals surface area contributed by atoms with E-state index in [2.05, 4.69) is 254 Å². The molecule has 1 nitrogen and oxygen atoms in total. The van der Waals surface area contributed by atoms with Gasteiger partial charge in [0.05, 0.1) is 11.4 Å². The molecule has 0 unspecified atom stereocenters. The Morgan fingerprint density at radius 3 is 1.25 bits per heavy atom. The number of fused-ring (bicyclic) bond motifs is 1. The monoisotopic (exact) mass is 751 g/mol. The predicted molar refractivity (Wildman–Crippen MR) is 251 cm³/mol. The Balaban J connectivity index is 1.11. The van der Waals surface area contributed by atoms with E-state index in [-0.39, 0.29) is 0 Å². The molecule has 0 atom stereocenters. The molecule has 59 heavy (non-hydrogen) atoms. The van der Waals surface area contributed by atoms with Crippen LogP contribution in [0.4, 0.5) is 17.1 Å². The number of hydrogen-bond acceptors (Lipinski definition) is 1. The van der Waals surface area contributed by atoms with Gasteiger partial charge in [-0.25, -0.2) is 0 Å². The summed E-state index contributed by atoms with van der Waals surface area (Å²) in [5.41, 5.74) is 17.6. The fourth-order valence-electron chi connectivity index (χ4n) is 8.35. The highest BCUT2D eigenvalue weighted by Crippen LogP contribution is 2.46. The average molecular weight is 752 g/mol. The van der Waals surface area contributed by atoms with Gasteiger partial charge >= 0.3 is 0 Å². The average Bonchev–Trinajstić information content (AvgIpc) is 3.33. The van der Waals surface area contributed by atoms with Crippen molar-refractivity contribution >= 4 is 27.8 Å². The van der Waals surface area contributed by atoms with Gasteiger partial charge in [0, 0.05) is 16.8 Å². The van der Waals surface area contributed by atoms with Crippen LogP contribution in [0.5, 0.6) is 0 Å². The lowest BCUT2D eigenvalue weighted by molar-refractivity contribution is 1.28. The molecular weight excluding hydrogens is 711 g/mol. The summed E-state index contributed by atoms with van der Waals surface area (Å²) in [5.74, 6) is 0. The second kappa shape index (κ2) is 16.0. The van der Waals surface area contributed by atoms with Crippen LogP contribution in [0.1, 0.15) is 0 Å². The highest BCUT2D eigenvalue weighted by molar-refractivity contribution is 5.99. The topological polar surface area (TPSA) is 3.24 Å². The highest BCUT2D eigenvalue weighted by Gasteiger charge is 2.21. The van der Waals surface area contributed by atoms with E-state index < -0.39 is 0 Å². The van der Waals surface area contributed by atoms with Gasteiger partial charge in [0.2, 0.25) is 0 Å². The van der Waals surface area contributed by atoms with Crippen LogP contribution in [-0.4, -0.2) is 0 Å². The van der Waals surface area contributed by atoms with E-state index in [1.165, 1.54) is 55.3 Å². The molecule has 10 aromatic carbocycles. The molecule has 10 aromatic rings. The summed E-state index contributed by atoms with van der Waals surface area (Å²) in [4.78, 5) is 2.44. The minimum atomic E-state index is 1.08. The van der Waals surface area contributed by atoms with Crippen molar-refractivity contribution in [3.63, 3.8) is 0 Å². The maximum Gasteiger partial charge on any atom is 0.0540 e. The molecule has 0 aromatic heterocycles. The largest absolute Gasteiger partial charge is 0.309 e. The van der Waals surface area contributed by atoms with E-state index in [1.54, 1.807) is 0 Å². The summed E-state index contributed by atoms with van der Waals surface area (Å²) in [5, 5.41) is 2.49. The number of anilines is 3. The Morgan fingerprint density at radius 2 is 0.593 bits per heavy atom. The second-order valence-electron chi connectivity index (χ2n) is 14.9. The van der Waals surface area contributed by atoms with Crippen LogP contribution in [0, 0.1) is 0 Å². The first kappa shape index (κ1) is 35.7. The number of para-hydroxylation sites is 2. The van der Waals surface area contributed by atoms with E-state index in [1.807, 2.05) is 0 Å². The van der Waals surface area contributed by atoms with Gasteiger partial charge in [0.1, 0.15) is 0 Å². The molecule has 0 amide bonds. The summed E-state index contributed by atoms with van der Waals surface area (Å²) in [6.07, 6.45) is 0. The van der Waals surface area contributed by atoms with Crippen molar-refractivity contribution in [1.29, 1.82) is 0 Å². The number of nitrogens with zero attached hydrogens (tertiary/aromatic N) is 1. The molecule has 0 aliphatic rings. The van der Waals surface area contributed by atoms with E-state index >= 15 is 0 Å². The minimum absolute atomic E-state index is 1.08. The van der Waals surface area contributed by atoms with Crippen molar-refractivity contribution in [1.82, 2.24) is 0 Å². The molecule has 1 heteroatoms. The Hall–Kier alpha value is -7.74. The zero-order chi connectivity index (χ0) is 39.4. The predicted octanol–water partition coefficient (Wildman–Crippen LogP) is 16.3. The van der Waals surface area contributed by atoms with Crippen LogP contribution < -0.4 is 4.90 Å². The maximum atomic E-state index is 2.44. The van der Waals surface area contributed by atoms with Crippen LogP contribution in [-0.2, 0) is 0 Å². The Labute approximate surface area is 346 Å². The zero-order valence-corrected chi connectivity index (χ0v) is 32.6. The first-order chi connectivity index (χ1) is 29.3. The summed E-state index contributed by atoms with van der Waals surface area (Å²) in [6.45, 7) is 0. The van der Waals surface area contributed by atoms with E-state index in [0.717, 1.165) is 39.3 Å². The quantitative estimate of drug-likeness (QED) is 0.142. The van der Waals surface area contributed by atoms with Gasteiger partial charge in [0.25, 0.3) is 0 Å². The van der Waals surface area contributed by atoms with Crippen molar-refractivity contribution in [3.05, 3.63) is 249 Å². The molecule has 0 fully saturated rings. The van der Waals surface area contributed by atoms with Gasteiger partial charge in [-0.2, -0.15) is 0 Å². The Bertz CT molecular complexity index is 3010. The maximum absolute atomic E-state index is 2.44. The van der Waals surface area contributed by atoms with Crippen LogP contribution >= 0.6 is 0 Å². The van der Waals surface area contributed by atoms with Crippen molar-refractivity contribution in [2.75, 3.05) is 4.90 Å². The minimum Gasteiger partial charge on any atom is -0.309 e. The molecule has 0 saturated carbocycles. The highest BCUT2D eigenvalue weighted by atomic mass is 15.1. The third-order valence-corrected chi connectivity index (χ3v) is 11.3. The Morgan fingerprint density at radius 1 is 0.220 bits per heavy atom. The summed E-state index contributed by atoms with van der Waals surface area (Å²) in [7, 11) is 0. The Kier molecular flexibility index (Phi) is 9.68. The van der Waals surface area contributed by atoms with E-state index in [4.69, 9.17) is 0 Å². The van der Waals surface area contributed by atoms with Crippen molar-refractivity contribution in [3.8, 4) is 66.8 Å². The molecular formula is C58H41N.